The Morgan fingerprint density at radius 1 is 1.23 bits per heavy atom. The summed E-state index contributed by atoms with van der Waals surface area (Å²) in [4.78, 5) is 16.6. The van der Waals surface area contributed by atoms with E-state index in [9.17, 15) is 9.90 Å². The largest absolute Gasteiger partial charge is 0.391 e. The number of carbonyl (C=O) groups is 1. The predicted octanol–water partition coefficient (Wildman–Crippen LogP) is 1.84. The van der Waals surface area contributed by atoms with Crippen LogP contribution in [-0.2, 0) is 6.54 Å². The van der Waals surface area contributed by atoms with Gasteiger partial charge in [-0.2, -0.15) is 5.10 Å². The van der Waals surface area contributed by atoms with E-state index in [0.29, 0.717) is 12.1 Å². The van der Waals surface area contributed by atoms with E-state index in [1.54, 1.807) is 12.3 Å². The first kappa shape index (κ1) is 16.5. The summed E-state index contributed by atoms with van der Waals surface area (Å²) in [5.41, 5.74) is 1.47. The Balaban J connectivity index is 1.41. The topological polar surface area (TPSA) is 95.8 Å². The zero-order chi connectivity index (χ0) is 17.9. The molecule has 0 radical (unpaired) electrons. The fourth-order valence-electron chi connectivity index (χ4n) is 3.63. The Morgan fingerprint density at radius 3 is 2.85 bits per heavy atom. The molecule has 3 atom stereocenters. The standard InChI is InChI=1S/C19H21N5O2/c25-17-11-13(10-16(17)22-19(26)15-6-7-21-23-15)12-24-9-8-20-18(24)14-4-2-1-3-5-14/h1-9,13,16-17,25H,10-12H2,(H,21,23)(H,22,26)/t13?,16-,17-/m1/s1. The minimum absolute atomic E-state index is 0.236. The molecule has 7 nitrogen and oxygen atoms in total. The number of aromatic amines is 1. The van der Waals surface area contributed by atoms with Gasteiger partial charge in [0.05, 0.1) is 12.1 Å². The highest BCUT2D eigenvalue weighted by Crippen LogP contribution is 2.29. The summed E-state index contributed by atoms with van der Waals surface area (Å²) in [6.45, 7) is 0.762. The molecule has 0 saturated heterocycles. The van der Waals surface area contributed by atoms with Crippen molar-refractivity contribution < 1.29 is 9.90 Å². The monoisotopic (exact) mass is 351 g/mol. The zero-order valence-electron chi connectivity index (χ0n) is 14.2. The van der Waals surface area contributed by atoms with Crippen molar-refractivity contribution in [1.29, 1.82) is 0 Å². The molecule has 0 bridgehead atoms. The van der Waals surface area contributed by atoms with Gasteiger partial charge in [0.1, 0.15) is 11.5 Å². The Bertz CT molecular complexity index is 859. The fraction of sp³-hybridized carbons (Fsp3) is 0.316. The number of aliphatic hydroxyl groups excluding tert-OH is 1. The average Bonchev–Trinajstić information content (AvgIpc) is 3.38. The maximum absolute atomic E-state index is 12.2. The molecule has 1 saturated carbocycles. The van der Waals surface area contributed by atoms with Crippen LogP contribution >= 0.6 is 0 Å². The van der Waals surface area contributed by atoms with E-state index < -0.39 is 6.10 Å². The highest BCUT2D eigenvalue weighted by atomic mass is 16.3. The summed E-state index contributed by atoms with van der Waals surface area (Å²) in [7, 11) is 0. The summed E-state index contributed by atoms with van der Waals surface area (Å²) in [6.07, 6.45) is 6.13. The van der Waals surface area contributed by atoms with E-state index in [1.165, 1.54) is 6.20 Å². The van der Waals surface area contributed by atoms with Crippen LogP contribution in [0.5, 0.6) is 0 Å². The fourth-order valence-corrected chi connectivity index (χ4v) is 3.63. The molecule has 2 heterocycles. The molecule has 7 heteroatoms. The van der Waals surface area contributed by atoms with Gasteiger partial charge in [-0.15, -0.1) is 0 Å². The molecule has 3 aromatic rings. The first-order chi connectivity index (χ1) is 12.7. The maximum Gasteiger partial charge on any atom is 0.269 e. The van der Waals surface area contributed by atoms with Gasteiger partial charge in [0.2, 0.25) is 0 Å². The van der Waals surface area contributed by atoms with Gasteiger partial charge in [-0.25, -0.2) is 4.98 Å². The average molecular weight is 351 g/mol. The lowest BCUT2D eigenvalue weighted by atomic mass is 10.1. The number of benzene rings is 1. The Labute approximate surface area is 151 Å². The van der Waals surface area contributed by atoms with Gasteiger partial charge in [-0.1, -0.05) is 30.3 Å². The Hall–Kier alpha value is -2.93. The normalized spacial score (nSPS) is 22.4. The van der Waals surface area contributed by atoms with Gasteiger partial charge in [0.15, 0.2) is 0 Å². The van der Waals surface area contributed by atoms with E-state index in [1.807, 2.05) is 36.5 Å². The van der Waals surface area contributed by atoms with Gasteiger partial charge in [-0.3, -0.25) is 9.89 Å². The third-order valence-electron chi connectivity index (χ3n) is 4.89. The van der Waals surface area contributed by atoms with Crippen molar-refractivity contribution in [1.82, 2.24) is 25.1 Å². The van der Waals surface area contributed by atoms with Gasteiger partial charge in [-0.05, 0) is 24.8 Å². The minimum atomic E-state index is -0.546. The van der Waals surface area contributed by atoms with Crippen molar-refractivity contribution in [2.24, 2.45) is 5.92 Å². The van der Waals surface area contributed by atoms with Crippen molar-refractivity contribution in [2.45, 2.75) is 31.5 Å². The lowest BCUT2D eigenvalue weighted by Gasteiger charge is -2.16. The van der Waals surface area contributed by atoms with Gasteiger partial charge in [0.25, 0.3) is 5.91 Å². The molecule has 4 rings (SSSR count). The van der Waals surface area contributed by atoms with Crippen LogP contribution in [0.15, 0.2) is 55.0 Å². The number of rotatable bonds is 5. The van der Waals surface area contributed by atoms with Crippen LogP contribution in [-0.4, -0.2) is 42.9 Å². The van der Waals surface area contributed by atoms with Gasteiger partial charge in [0, 0.05) is 30.7 Å². The summed E-state index contributed by atoms with van der Waals surface area (Å²) in [5.74, 6) is 0.957. The number of aromatic nitrogens is 4. The van der Waals surface area contributed by atoms with Crippen molar-refractivity contribution >= 4 is 5.91 Å². The number of nitrogens with one attached hydrogen (secondary N) is 2. The van der Waals surface area contributed by atoms with Crippen LogP contribution in [0.1, 0.15) is 23.3 Å². The molecule has 0 spiro atoms. The number of hydrogen-bond acceptors (Lipinski definition) is 4. The molecule has 3 N–H and O–H groups in total. The second-order valence-electron chi connectivity index (χ2n) is 6.72. The SMILES string of the molecule is O=C(N[C@@H]1CC(Cn2ccnc2-c2ccccc2)C[C@H]1O)c1ccn[nH]1. The number of hydrogen-bond donors (Lipinski definition) is 3. The van der Waals surface area contributed by atoms with Crippen LogP contribution < -0.4 is 5.32 Å². The first-order valence-electron chi connectivity index (χ1n) is 8.75. The summed E-state index contributed by atoms with van der Waals surface area (Å²) < 4.78 is 2.12. The van der Waals surface area contributed by atoms with E-state index in [2.05, 4.69) is 25.1 Å². The smallest absolute Gasteiger partial charge is 0.269 e. The minimum Gasteiger partial charge on any atom is -0.391 e. The molecule has 1 fully saturated rings. The number of amides is 1. The van der Waals surface area contributed by atoms with Crippen LogP contribution in [0.3, 0.4) is 0 Å². The molecule has 1 aromatic carbocycles. The van der Waals surface area contributed by atoms with E-state index in [0.717, 1.165) is 24.4 Å². The second kappa shape index (κ2) is 7.13. The lowest BCUT2D eigenvalue weighted by molar-refractivity contribution is 0.0868. The summed E-state index contributed by atoms with van der Waals surface area (Å²) in [6, 6.07) is 11.4. The quantitative estimate of drug-likeness (QED) is 0.653. The Morgan fingerprint density at radius 2 is 2.08 bits per heavy atom. The van der Waals surface area contributed by atoms with Crippen molar-refractivity contribution in [3.05, 3.63) is 60.7 Å². The maximum atomic E-state index is 12.2. The van der Waals surface area contributed by atoms with Crippen LogP contribution in [0.4, 0.5) is 0 Å². The van der Waals surface area contributed by atoms with Crippen molar-refractivity contribution in [2.75, 3.05) is 0 Å². The van der Waals surface area contributed by atoms with Crippen molar-refractivity contribution in [3.63, 3.8) is 0 Å². The molecule has 2 aromatic heterocycles. The Kier molecular flexibility index (Phi) is 4.53. The lowest BCUT2D eigenvalue weighted by Crippen LogP contribution is -2.40. The van der Waals surface area contributed by atoms with Crippen LogP contribution in [0.25, 0.3) is 11.4 Å². The highest BCUT2D eigenvalue weighted by molar-refractivity contribution is 5.92. The van der Waals surface area contributed by atoms with Gasteiger partial charge >= 0.3 is 0 Å². The van der Waals surface area contributed by atoms with Crippen LogP contribution in [0.2, 0.25) is 0 Å². The third kappa shape index (κ3) is 3.39. The molecule has 1 aliphatic carbocycles. The van der Waals surface area contributed by atoms with E-state index >= 15 is 0 Å². The zero-order valence-corrected chi connectivity index (χ0v) is 14.2. The number of nitrogens with zero attached hydrogens (tertiary/aromatic N) is 3. The third-order valence-corrected chi connectivity index (χ3v) is 4.89. The number of carbonyl (C=O) groups excluding carboxylic acids is 1. The number of aliphatic hydroxyl groups is 1. The predicted molar refractivity (Wildman–Crippen MR) is 96.2 cm³/mol. The van der Waals surface area contributed by atoms with Crippen LogP contribution in [0, 0.1) is 5.92 Å². The molecule has 1 aliphatic rings. The van der Waals surface area contributed by atoms with E-state index in [4.69, 9.17) is 0 Å². The summed E-state index contributed by atoms with van der Waals surface area (Å²) in [5, 5.41) is 19.7. The molecular weight excluding hydrogens is 330 g/mol. The van der Waals surface area contributed by atoms with Crippen molar-refractivity contribution in [3.8, 4) is 11.4 Å². The second-order valence-corrected chi connectivity index (χ2v) is 6.72. The molecule has 26 heavy (non-hydrogen) atoms. The molecule has 134 valence electrons. The molecular formula is C19H21N5O2. The number of H-pyrrole nitrogens is 1. The number of imidazole rings is 1. The first-order valence-corrected chi connectivity index (χ1v) is 8.75. The summed E-state index contributed by atoms with van der Waals surface area (Å²) >= 11 is 0. The molecule has 1 unspecified atom stereocenters. The molecule has 1 amide bonds. The highest BCUT2D eigenvalue weighted by Gasteiger charge is 2.34. The molecule has 0 aliphatic heterocycles. The van der Waals surface area contributed by atoms with E-state index in [-0.39, 0.29) is 17.9 Å². The van der Waals surface area contributed by atoms with Gasteiger partial charge < -0.3 is 15.0 Å².